The number of fused-ring (bicyclic) bond motifs is 1. The van der Waals surface area contributed by atoms with E-state index in [1.165, 1.54) is 0 Å². The van der Waals surface area contributed by atoms with Gasteiger partial charge in [0.15, 0.2) is 0 Å². The van der Waals surface area contributed by atoms with Crippen LogP contribution in [0.2, 0.25) is 5.02 Å². The van der Waals surface area contributed by atoms with Gasteiger partial charge in [-0.15, -0.1) is 0 Å². The number of amides is 1. The highest BCUT2D eigenvalue weighted by Gasteiger charge is 2.13. The minimum atomic E-state index is -0.364. The Bertz CT molecular complexity index is 825. The molecule has 0 bridgehead atoms. The first kappa shape index (κ1) is 15.4. The van der Waals surface area contributed by atoms with Gasteiger partial charge in [0.1, 0.15) is 6.04 Å². The van der Waals surface area contributed by atoms with Crippen LogP contribution in [0.1, 0.15) is 6.92 Å². The molecule has 116 valence electrons. The van der Waals surface area contributed by atoms with E-state index in [0.717, 1.165) is 22.1 Å². The lowest BCUT2D eigenvalue weighted by atomic mass is 10.1. The van der Waals surface area contributed by atoms with Crippen molar-refractivity contribution in [2.24, 2.45) is 0 Å². The molecule has 0 aliphatic carbocycles. The van der Waals surface area contributed by atoms with Gasteiger partial charge in [-0.3, -0.25) is 4.79 Å². The van der Waals surface area contributed by atoms with Gasteiger partial charge in [-0.1, -0.05) is 48.0 Å². The Morgan fingerprint density at radius 3 is 2.43 bits per heavy atom. The zero-order chi connectivity index (χ0) is 16.2. The summed E-state index contributed by atoms with van der Waals surface area (Å²) in [4.78, 5) is 12.3. The number of hydrogen-bond donors (Lipinski definition) is 2. The van der Waals surface area contributed by atoms with E-state index in [0.29, 0.717) is 5.02 Å². The summed E-state index contributed by atoms with van der Waals surface area (Å²) in [7, 11) is 0. The van der Waals surface area contributed by atoms with E-state index < -0.39 is 0 Å². The van der Waals surface area contributed by atoms with Crippen LogP contribution in [-0.2, 0) is 4.79 Å². The minimum absolute atomic E-state index is 0.0970. The molecule has 0 radical (unpaired) electrons. The fourth-order valence-electron chi connectivity index (χ4n) is 2.43. The standard InChI is InChI=1S/C19H17ClN2O/c1-13(19(23)22-16-11-9-15(20)10-12-16)21-18-8-4-6-14-5-2-3-7-17(14)18/h2-13,21H,1H3,(H,22,23)/t13-/m1/s1. The average Bonchev–Trinajstić information content (AvgIpc) is 2.57. The first-order valence-electron chi connectivity index (χ1n) is 7.44. The largest absolute Gasteiger partial charge is 0.373 e. The Hall–Kier alpha value is -2.52. The molecule has 1 amide bonds. The van der Waals surface area contributed by atoms with Crippen LogP contribution >= 0.6 is 11.6 Å². The molecule has 1 atom stereocenters. The fourth-order valence-corrected chi connectivity index (χ4v) is 2.56. The maximum Gasteiger partial charge on any atom is 0.246 e. The molecular weight excluding hydrogens is 308 g/mol. The van der Waals surface area contributed by atoms with Gasteiger partial charge >= 0.3 is 0 Å². The fraction of sp³-hybridized carbons (Fsp3) is 0.105. The summed E-state index contributed by atoms with van der Waals surface area (Å²) in [6, 6.07) is 20.8. The number of anilines is 2. The molecule has 0 saturated heterocycles. The second-order valence-electron chi connectivity index (χ2n) is 5.39. The molecule has 0 aliphatic heterocycles. The van der Waals surface area contributed by atoms with E-state index >= 15 is 0 Å². The molecule has 0 unspecified atom stereocenters. The van der Waals surface area contributed by atoms with Crippen molar-refractivity contribution in [1.29, 1.82) is 0 Å². The molecule has 0 spiro atoms. The summed E-state index contributed by atoms with van der Waals surface area (Å²) >= 11 is 5.85. The quantitative estimate of drug-likeness (QED) is 0.714. The molecule has 3 aromatic carbocycles. The third kappa shape index (κ3) is 3.63. The van der Waals surface area contributed by atoms with Gasteiger partial charge < -0.3 is 10.6 Å². The van der Waals surface area contributed by atoms with Gasteiger partial charge in [0.2, 0.25) is 5.91 Å². The minimum Gasteiger partial charge on any atom is -0.373 e. The van der Waals surface area contributed by atoms with Gasteiger partial charge in [-0.05, 0) is 42.6 Å². The van der Waals surface area contributed by atoms with Crippen molar-refractivity contribution in [3.8, 4) is 0 Å². The predicted octanol–water partition coefficient (Wildman–Crippen LogP) is 4.93. The summed E-state index contributed by atoms with van der Waals surface area (Å²) < 4.78 is 0. The van der Waals surface area contributed by atoms with E-state index in [9.17, 15) is 4.79 Å². The smallest absolute Gasteiger partial charge is 0.246 e. The van der Waals surface area contributed by atoms with E-state index in [1.54, 1.807) is 24.3 Å². The van der Waals surface area contributed by atoms with Crippen molar-refractivity contribution in [3.63, 3.8) is 0 Å². The Balaban J connectivity index is 1.73. The van der Waals surface area contributed by atoms with Crippen molar-refractivity contribution in [2.75, 3.05) is 10.6 Å². The van der Waals surface area contributed by atoms with E-state index in [1.807, 2.05) is 37.3 Å². The zero-order valence-electron chi connectivity index (χ0n) is 12.7. The molecule has 0 aromatic heterocycles. The van der Waals surface area contributed by atoms with E-state index in [-0.39, 0.29) is 11.9 Å². The second-order valence-corrected chi connectivity index (χ2v) is 5.83. The Labute approximate surface area is 140 Å². The van der Waals surface area contributed by atoms with Crippen molar-refractivity contribution < 1.29 is 4.79 Å². The summed E-state index contributed by atoms with van der Waals surface area (Å²) in [6.07, 6.45) is 0. The first-order valence-corrected chi connectivity index (χ1v) is 7.82. The normalized spacial score (nSPS) is 11.9. The maximum atomic E-state index is 12.3. The third-order valence-electron chi connectivity index (χ3n) is 3.67. The molecule has 0 fully saturated rings. The van der Waals surface area contributed by atoms with Crippen LogP contribution in [-0.4, -0.2) is 11.9 Å². The Morgan fingerprint density at radius 1 is 0.957 bits per heavy atom. The summed E-state index contributed by atoms with van der Waals surface area (Å²) in [5.74, 6) is -0.0970. The van der Waals surface area contributed by atoms with Gasteiger partial charge in [0.25, 0.3) is 0 Å². The molecule has 0 heterocycles. The van der Waals surface area contributed by atoms with Gasteiger partial charge in [0.05, 0.1) is 0 Å². The average molecular weight is 325 g/mol. The molecule has 2 N–H and O–H groups in total. The monoisotopic (exact) mass is 324 g/mol. The van der Waals surface area contributed by atoms with Crippen molar-refractivity contribution in [2.45, 2.75) is 13.0 Å². The van der Waals surface area contributed by atoms with E-state index in [4.69, 9.17) is 11.6 Å². The van der Waals surface area contributed by atoms with Gasteiger partial charge in [0, 0.05) is 21.8 Å². The number of rotatable bonds is 4. The van der Waals surface area contributed by atoms with Crippen molar-refractivity contribution in [1.82, 2.24) is 0 Å². The SMILES string of the molecule is C[C@@H](Nc1cccc2ccccc12)C(=O)Nc1ccc(Cl)cc1. The Kier molecular flexibility index (Phi) is 4.49. The highest BCUT2D eigenvalue weighted by atomic mass is 35.5. The lowest BCUT2D eigenvalue weighted by Gasteiger charge is -2.17. The first-order chi connectivity index (χ1) is 11.1. The van der Waals surface area contributed by atoms with Crippen LogP contribution in [0.4, 0.5) is 11.4 Å². The highest BCUT2D eigenvalue weighted by molar-refractivity contribution is 6.30. The predicted molar refractivity (Wildman–Crippen MR) is 97.1 cm³/mol. The maximum absolute atomic E-state index is 12.3. The lowest BCUT2D eigenvalue weighted by molar-refractivity contribution is -0.116. The third-order valence-corrected chi connectivity index (χ3v) is 3.92. The van der Waals surface area contributed by atoms with Crippen LogP contribution in [0.15, 0.2) is 66.7 Å². The lowest BCUT2D eigenvalue weighted by Crippen LogP contribution is -2.31. The molecule has 3 rings (SSSR count). The topological polar surface area (TPSA) is 41.1 Å². The summed E-state index contributed by atoms with van der Waals surface area (Å²) in [5.41, 5.74) is 1.67. The van der Waals surface area contributed by atoms with Crippen LogP contribution in [0.3, 0.4) is 0 Å². The van der Waals surface area contributed by atoms with Crippen LogP contribution in [0.5, 0.6) is 0 Å². The molecule has 0 aliphatic rings. The molecule has 3 nitrogen and oxygen atoms in total. The van der Waals surface area contributed by atoms with Crippen LogP contribution in [0, 0.1) is 0 Å². The number of nitrogens with one attached hydrogen (secondary N) is 2. The number of benzene rings is 3. The second kappa shape index (κ2) is 6.71. The summed E-state index contributed by atoms with van der Waals surface area (Å²) in [5, 5.41) is 9.04. The molecule has 4 heteroatoms. The highest BCUT2D eigenvalue weighted by Crippen LogP contribution is 2.23. The zero-order valence-corrected chi connectivity index (χ0v) is 13.5. The number of halogens is 1. The molecule has 23 heavy (non-hydrogen) atoms. The number of carbonyl (C=O) groups excluding carboxylic acids is 1. The van der Waals surface area contributed by atoms with Gasteiger partial charge in [-0.2, -0.15) is 0 Å². The van der Waals surface area contributed by atoms with Crippen molar-refractivity contribution in [3.05, 3.63) is 71.8 Å². The van der Waals surface area contributed by atoms with Crippen LogP contribution < -0.4 is 10.6 Å². The number of carbonyl (C=O) groups is 1. The van der Waals surface area contributed by atoms with Crippen molar-refractivity contribution >= 4 is 39.7 Å². The summed E-state index contributed by atoms with van der Waals surface area (Å²) in [6.45, 7) is 1.84. The van der Waals surface area contributed by atoms with Gasteiger partial charge in [-0.25, -0.2) is 0 Å². The molecule has 0 saturated carbocycles. The van der Waals surface area contributed by atoms with Crippen LogP contribution in [0.25, 0.3) is 10.8 Å². The van der Waals surface area contributed by atoms with E-state index in [2.05, 4.69) is 22.8 Å². The molecule has 3 aromatic rings. The number of hydrogen-bond acceptors (Lipinski definition) is 2. The molecular formula is C19H17ClN2O. The Morgan fingerprint density at radius 2 is 1.65 bits per heavy atom.